The van der Waals surface area contributed by atoms with Gasteiger partial charge in [0.15, 0.2) is 0 Å². The molecule has 0 spiro atoms. The molecule has 6 nitrogen and oxygen atoms in total. The van der Waals surface area contributed by atoms with Crippen LogP contribution in [0.2, 0.25) is 0 Å². The molecule has 2 aromatic rings. The van der Waals surface area contributed by atoms with Crippen molar-refractivity contribution in [1.29, 1.82) is 0 Å². The highest BCUT2D eigenvalue weighted by molar-refractivity contribution is 6.22. The van der Waals surface area contributed by atoms with Crippen LogP contribution in [0.15, 0.2) is 48.5 Å². The van der Waals surface area contributed by atoms with Gasteiger partial charge in [0.1, 0.15) is 11.5 Å². The molecule has 0 aliphatic carbocycles. The van der Waals surface area contributed by atoms with Gasteiger partial charge in [0.25, 0.3) is 5.91 Å². The number of carbonyl (C=O) groups excluding carboxylic acids is 2. The molecule has 2 amide bonds. The molecule has 2 aliphatic heterocycles. The third-order valence-corrected chi connectivity index (χ3v) is 6.54. The molecule has 4 rings (SSSR count). The van der Waals surface area contributed by atoms with Crippen molar-refractivity contribution in [3.05, 3.63) is 54.1 Å². The molecule has 6 heteroatoms. The van der Waals surface area contributed by atoms with E-state index in [1.165, 1.54) is 10.5 Å². The minimum atomic E-state index is -0.347. The molecule has 0 saturated carbocycles. The molecular formula is C27H34N2O4. The number of rotatable bonds is 9. The van der Waals surface area contributed by atoms with Gasteiger partial charge in [-0.3, -0.25) is 14.5 Å². The summed E-state index contributed by atoms with van der Waals surface area (Å²) in [6, 6.07) is 15.3. The Morgan fingerprint density at radius 1 is 0.879 bits per heavy atom. The maximum atomic E-state index is 13.2. The summed E-state index contributed by atoms with van der Waals surface area (Å²) in [5, 5.41) is 0. The molecule has 2 aromatic carbocycles. The van der Waals surface area contributed by atoms with E-state index >= 15 is 0 Å². The van der Waals surface area contributed by atoms with Crippen LogP contribution in [0.5, 0.6) is 11.5 Å². The minimum Gasteiger partial charge on any atom is -0.494 e. The van der Waals surface area contributed by atoms with E-state index in [4.69, 9.17) is 9.47 Å². The van der Waals surface area contributed by atoms with Crippen LogP contribution in [0.25, 0.3) is 0 Å². The number of piperidine rings is 1. The lowest BCUT2D eigenvalue weighted by Crippen LogP contribution is -2.46. The third-order valence-electron chi connectivity index (χ3n) is 6.54. The molecular weight excluding hydrogens is 416 g/mol. The van der Waals surface area contributed by atoms with Crippen molar-refractivity contribution in [2.45, 2.75) is 52.0 Å². The summed E-state index contributed by atoms with van der Waals surface area (Å²) < 4.78 is 11.1. The molecule has 0 aromatic heterocycles. The molecule has 2 saturated heterocycles. The zero-order valence-electron chi connectivity index (χ0n) is 19.7. The number of carbonyl (C=O) groups is 2. The minimum absolute atomic E-state index is 0.104. The number of anilines is 1. The fourth-order valence-corrected chi connectivity index (χ4v) is 4.77. The van der Waals surface area contributed by atoms with Gasteiger partial charge in [-0.1, -0.05) is 19.1 Å². The first-order valence-corrected chi connectivity index (χ1v) is 12.1. The van der Waals surface area contributed by atoms with Crippen molar-refractivity contribution in [3.63, 3.8) is 0 Å². The fraction of sp³-hybridized carbons (Fsp3) is 0.481. The number of ether oxygens (including phenoxy) is 2. The second-order valence-corrected chi connectivity index (χ2v) is 8.89. The van der Waals surface area contributed by atoms with E-state index in [1.807, 2.05) is 31.2 Å². The predicted molar refractivity (Wildman–Crippen MR) is 129 cm³/mol. The summed E-state index contributed by atoms with van der Waals surface area (Å²) in [6.07, 6.45) is 4.31. The van der Waals surface area contributed by atoms with Gasteiger partial charge < -0.3 is 9.47 Å². The van der Waals surface area contributed by atoms with Gasteiger partial charge >= 0.3 is 0 Å². The highest BCUT2D eigenvalue weighted by Crippen LogP contribution is 2.30. The zero-order chi connectivity index (χ0) is 23.2. The van der Waals surface area contributed by atoms with Crippen LogP contribution < -0.4 is 14.4 Å². The van der Waals surface area contributed by atoms with Gasteiger partial charge in [0.2, 0.25) is 5.91 Å². The highest BCUT2D eigenvalue weighted by atomic mass is 16.5. The smallest absolute Gasteiger partial charge is 0.251 e. The lowest BCUT2D eigenvalue weighted by atomic mass is 9.89. The number of likely N-dealkylation sites (tertiary alicyclic amines) is 1. The summed E-state index contributed by atoms with van der Waals surface area (Å²) in [5.41, 5.74) is 1.95. The number of nitrogens with zero attached hydrogens (tertiary/aromatic N) is 2. The van der Waals surface area contributed by atoms with Crippen LogP contribution >= 0.6 is 0 Å². The standard InChI is InChI=1S/C27H34N2O4/c1-3-17-33-24-11-7-22(8-12-24)29-26(30)19-25(27(29)31)28-15-13-21(14-16-28)18-20-5-9-23(10-6-20)32-4-2/h5-12,21,25H,3-4,13-19H2,1-2H3. The van der Waals surface area contributed by atoms with Gasteiger partial charge in [-0.15, -0.1) is 0 Å². The topological polar surface area (TPSA) is 59.1 Å². The van der Waals surface area contributed by atoms with Crippen LogP contribution in [-0.2, 0) is 16.0 Å². The summed E-state index contributed by atoms with van der Waals surface area (Å²) in [7, 11) is 0. The molecule has 0 N–H and O–H groups in total. The Morgan fingerprint density at radius 2 is 1.52 bits per heavy atom. The number of hydrogen-bond donors (Lipinski definition) is 0. The average molecular weight is 451 g/mol. The quantitative estimate of drug-likeness (QED) is 0.528. The Bertz CT molecular complexity index is 934. The predicted octanol–water partition coefficient (Wildman–Crippen LogP) is 4.46. The van der Waals surface area contributed by atoms with Gasteiger partial charge in [-0.25, -0.2) is 4.90 Å². The molecule has 176 valence electrons. The number of imide groups is 1. The molecule has 2 heterocycles. The fourth-order valence-electron chi connectivity index (χ4n) is 4.77. The Labute approximate surface area is 196 Å². The van der Waals surface area contributed by atoms with Crippen LogP contribution in [0.1, 0.15) is 45.1 Å². The number of hydrogen-bond acceptors (Lipinski definition) is 5. The Morgan fingerprint density at radius 3 is 2.15 bits per heavy atom. The van der Waals surface area contributed by atoms with E-state index in [1.54, 1.807) is 12.1 Å². The van der Waals surface area contributed by atoms with Crippen molar-refractivity contribution in [2.75, 3.05) is 31.2 Å². The second kappa shape index (κ2) is 10.8. The second-order valence-electron chi connectivity index (χ2n) is 8.89. The Kier molecular flexibility index (Phi) is 7.65. The van der Waals surface area contributed by atoms with E-state index in [2.05, 4.69) is 24.0 Å². The van der Waals surface area contributed by atoms with E-state index in [0.717, 1.165) is 50.3 Å². The Balaban J connectivity index is 1.31. The number of amides is 2. The lowest BCUT2D eigenvalue weighted by Gasteiger charge is -2.34. The van der Waals surface area contributed by atoms with Gasteiger partial charge in [-0.05, 0) is 93.6 Å². The monoisotopic (exact) mass is 450 g/mol. The molecule has 1 unspecified atom stereocenters. The molecule has 2 aliphatic rings. The van der Waals surface area contributed by atoms with Gasteiger partial charge in [0, 0.05) is 0 Å². The molecule has 0 radical (unpaired) electrons. The maximum Gasteiger partial charge on any atom is 0.251 e. The van der Waals surface area contributed by atoms with Crippen molar-refractivity contribution < 1.29 is 19.1 Å². The summed E-state index contributed by atoms with van der Waals surface area (Å²) in [6.45, 7) is 7.07. The van der Waals surface area contributed by atoms with Crippen molar-refractivity contribution in [3.8, 4) is 11.5 Å². The van der Waals surface area contributed by atoms with Crippen molar-refractivity contribution >= 4 is 17.5 Å². The largest absolute Gasteiger partial charge is 0.494 e. The SMILES string of the molecule is CCCOc1ccc(N2C(=O)CC(N3CCC(Cc4ccc(OCC)cc4)CC3)C2=O)cc1. The molecule has 0 bridgehead atoms. The summed E-state index contributed by atoms with van der Waals surface area (Å²) in [4.78, 5) is 29.4. The average Bonchev–Trinajstić information content (AvgIpc) is 3.14. The molecule has 33 heavy (non-hydrogen) atoms. The Hall–Kier alpha value is -2.86. The first-order chi connectivity index (χ1) is 16.1. The normalized spacial score (nSPS) is 19.8. The van der Waals surface area contributed by atoms with E-state index in [9.17, 15) is 9.59 Å². The van der Waals surface area contributed by atoms with E-state index in [-0.39, 0.29) is 24.3 Å². The van der Waals surface area contributed by atoms with Crippen LogP contribution in [0.3, 0.4) is 0 Å². The van der Waals surface area contributed by atoms with E-state index in [0.29, 0.717) is 24.8 Å². The lowest BCUT2D eigenvalue weighted by molar-refractivity contribution is -0.123. The van der Waals surface area contributed by atoms with E-state index < -0.39 is 0 Å². The number of benzene rings is 2. The third kappa shape index (κ3) is 5.56. The molecule has 1 atom stereocenters. The van der Waals surface area contributed by atoms with Crippen LogP contribution in [0, 0.1) is 5.92 Å². The zero-order valence-corrected chi connectivity index (χ0v) is 19.7. The molecule has 2 fully saturated rings. The van der Waals surface area contributed by atoms with Gasteiger partial charge in [-0.2, -0.15) is 0 Å². The highest BCUT2D eigenvalue weighted by Gasteiger charge is 2.43. The van der Waals surface area contributed by atoms with Crippen LogP contribution in [-0.4, -0.2) is 49.1 Å². The summed E-state index contributed by atoms with van der Waals surface area (Å²) >= 11 is 0. The summed E-state index contributed by atoms with van der Waals surface area (Å²) in [5.74, 6) is 2.04. The van der Waals surface area contributed by atoms with Crippen molar-refractivity contribution in [1.82, 2.24) is 4.90 Å². The van der Waals surface area contributed by atoms with Gasteiger partial charge in [0.05, 0.1) is 31.4 Å². The first kappa shape index (κ1) is 23.3. The maximum absolute atomic E-state index is 13.2. The van der Waals surface area contributed by atoms with Crippen molar-refractivity contribution in [2.24, 2.45) is 5.92 Å². The van der Waals surface area contributed by atoms with Crippen LogP contribution in [0.4, 0.5) is 5.69 Å². The first-order valence-electron chi connectivity index (χ1n) is 12.1.